The molecule has 0 saturated heterocycles. The quantitative estimate of drug-likeness (QED) is 0.786. The monoisotopic (exact) mass is 286 g/mol. The van der Waals surface area contributed by atoms with Gasteiger partial charge < -0.3 is 0 Å². The van der Waals surface area contributed by atoms with Crippen molar-refractivity contribution in [1.82, 2.24) is 9.55 Å². The molecule has 0 atom stereocenters. The number of aromatic amines is 1. The van der Waals surface area contributed by atoms with E-state index in [1.165, 1.54) is 10.8 Å². The SMILES string of the molecule is O=c1[nH]c(=O)n(Cc2cccc3ccccc23)cc1Cl. The summed E-state index contributed by atoms with van der Waals surface area (Å²) in [5.41, 5.74) is -0.0357. The molecule has 0 aliphatic heterocycles. The Hall–Kier alpha value is -2.33. The fourth-order valence-corrected chi connectivity index (χ4v) is 2.38. The fourth-order valence-electron chi connectivity index (χ4n) is 2.21. The third-order valence-corrected chi connectivity index (χ3v) is 3.46. The first-order valence-electron chi connectivity index (χ1n) is 6.11. The maximum absolute atomic E-state index is 11.8. The normalized spacial score (nSPS) is 10.8. The number of halogens is 1. The van der Waals surface area contributed by atoms with Crippen molar-refractivity contribution in [3.8, 4) is 0 Å². The van der Waals surface area contributed by atoms with E-state index in [9.17, 15) is 9.59 Å². The average Bonchev–Trinajstić information content (AvgIpc) is 2.45. The van der Waals surface area contributed by atoms with Crippen LogP contribution in [0.25, 0.3) is 10.8 Å². The van der Waals surface area contributed by atoms with Gasteiger partial charge in [0.25, 0.3) is 5.56 Å². The molecular formula is C15H11ClN2O2. The summed E-state index contributed by atoms with van der Waals surface area (Å²) in [7, 11) is 0. The predicted molar refractivity (Wildman–Crippen MR) is 79.4 cm³/mol. The molecule has 100 valence electrons. The summed E-state index contributed by atoms with van der Waals surface area (Å²) in [6, 6.07) is 13.8. The van der Waals surface area contributed by atoms with Crippen molar-refractivity contribution < 1.29 is 0 Å². The molecular weight excluding hydrogens is 276 g/mol. The van der Waals surface area contributed by atoms with Crippen molar-refractivity contribution in [1.29, 1.82) is 0 Å². The molecule has 0 amide bonds. The Morgan fingerprint density at radius 3 is 2.65 bits per heavy atom. The van der Waals surface area contributed by atoms with Crippen LogP contribution in [0.4, 0.5) is 0 Å². The zero-order valence-electron chi connectivity index (χ0n) is 10.5. The highest BCUT2D eigenvalue weighted by molar-refractivity contribution is 6.30. The molecule has 1 heterocycles. The van der Waals surface area contributed by atoms with Gasteiger partial charge >= 0.3 is 5.69 Å². The highest BCUT2D eigenvalue weighted by Gasteiger charge is 2.05. The second kappa shape index (κ2) is 4.98. The van der Waals surface area contributed by atoms with Crippen LogP contribution in [-0.2, 0) is 6.54 Å². The first-order chi connectivity index (χ1) is 9.65. The number of nitrogens with zero attached hydrogens (tertiary/aromatic N) is 1. The Morgan fingerprint density at radius 1 is 1.05 bits per heavy atom. The minimum Gasteiger partial charge on any atom is -0.295 e. The van der Waals surface area contributed by atoms with Gasteiger partial charge in [-0.05, 0) is 16.3 Å². The van der Waals surface area contributed by atoms with E-state index >= 15 is 0 Å². The predicted octanol–water partition coefficient (Wildman–Crippen LogP) is 2.39. The van der Waals surface area contributed by atoms with Crippen LogP contribution in [0.15, 0.2) is 58.3 Å². The molecule has 20 heavy (non-hydrogen) atoms. The van der Waals surface area contributed by atoms with E-state index in [1.54, 1.807) is 0 Å². The standard InChI is InChI=1S/C15H11ClN2O2/c16-13-9-18(15(20)17-14(13)19)8-11-6-3-5-10-4-1-2-7-12(10)11/h1-7,9H,8H2,(H,17,19,20). The van der Waals surface area contributed by atoms with Gasteiger partial charge in [0, 0.05) is 6.20 Å². The third-order valence-electron chi connectivity index (χ3n) is 3.19. The summed E-state index contributed by atoms with van der Waals surface area (Å²) in [6.07, 6.45) is 1.37. The summed E-state index contributed by atoms with van der Waals surface area (Å²) in [5.74, 6) is 0. The first-order valence-corrected chi connectivity index (χ1v) is 6.49. The van der Waals surface area contributed by atoms with Crippen LogP contribution in [-0.4, -0.2) is 9.55 Å². The molecule has 1 aromatic heterocycles. The summed E-state index contributed by atoms with van der Waals surface area (Å²) in [5, 5.41) is 2.18. The number of rotatable bonds is 2. The zero-order chi connectivity index (χ0) is 14.1. The van der Waals surface area contributed by atoms with Crippen LogP contribution < -0.4 is 11.2 Å². The van der Waals surface area contributed by atoms with Crippen molar-refractivity contribution in [2.24, 2.45) is 0 Å². The van der Waals surface area contributed by atoms with Crippen LogP contribution in [0.5, 0.6) is 0 Å². The van der Waals surface area contributed by atoms with E-state index in [1.807, 2.05) is 42.5 Å². The number of H-pyrrole nitrogens is 1. The third kappa shape index (κ3) is 2.26. The smallest absolute Gasteiger partial charge is 0.295 e. The number of benzene rings is 2. The lowest BCUT2D eigenvalue weighted by atomic mass is 10.0. The van der Waals surface area contributed by atoms with Crippen molar-refractivity contribution >= 4 is 22.4 Å². The molecule has 2 aromatic carbocycles. The summed E-state index contributed by atoms with van der Waals surface area (Å²) >= 11 is 5.77. The molecule has 3 aromatic rings. The molecule has 0 spiro atoms. The minimum atomic E-state index is -0.564. The summed E-state index contributed by atoms with van der Waals surface area (Å²) in [4.78, 5) is 25.2. The molecule has 3 rings (SSSR count). The van der Waals surface area contributed by atoms with Crippen LogP contribution in [0, 0.1) is 0 Å². The summed E-state index contributed by atoms with van der Waals surface area (Å²) < 4.78 is 1.39. The Morgan fingerprint density at radius 2 is 1.80 bits per heavy atom. The van der Waals surface area contributed by atoms with E-state index < -0.39 is 11.2 Å². The lowest BCUT2D eigenvalue weighted by Gasteiger charge is -2.08. The lowest BCUT2D eigenvalue weighted by molar-refractivity contribution is 0.724. The van der Waals surface area contributed by atoms with Crippen molar-refractivity contribution in [2.45, 2.75) is 6.54 Å². The maximum Gasteiger partial charge on any atom is 0.328 e. The number of hydrogen-bond donors (Lipinski definition) is 1. The van der Waals surface area contributed by atoms with Gasteiger partial charge in [-0.2, -0.15) is 0 Å². The van der Waals surface area contributed by atoms with E-state index in [-0.39, 0.29) is 5.02 Å². The fraction of sp³-hybridized carbons (Fsp3) is 0.0667. The Balaban J connectivity index is 2.13. The van der Waals surface area contributed by atoms with Gasteiger partial charge in [0.15, 0.2) is 0 Å². The number of aromatic nitrogens is 2. The molecule has 4 nitrogen and oxygen atoms in total. The van der Waals surface area contributed by atoms with Crippen molar-refractivity contribution in [2.75, 3.05) is 0 Å². The molecule has 5 heteroatoms. The second-order valence-corrected chi connectivity index (χ2v) is 4.91. The molecule has 0 unspecified atom stereocenters. The largest absolute Gasteiger partial charge is 0.328 e. The van der Waals surface area contributed by atoms with Crippen LogP contribution in [0.1, 0.15) is 5.56 Å². The highest BCUT2D eigenvalue weighted by Crippen LogP contribution is 2.19. The molecule has 0 aliphatic rings. The van der Waals surface area contributed by atoms with Gasteiger partial charge in [-0.15, -0.1) is 0 Å². The zero-order valence-corrected chi connectivity index (χ0v) is 11.2. The van der Waals surface area contributed by atoms with Gasteiger partial charge in [0.05, 0.1) is 6.54 Å². The molecule has 0 aliphatic carbocycles. The van der Waals surface area contributed by atoms with Crippen LogP contribution in [0.3, 0.4) is 0 Å². The second-order valence-electron chi connectivity index (χ2n) is 4.50. The lowest BCUT2D eigenvalue weighted by Crippen LogP contribution is -2.29. The molecule has 0 bridgehead atoms. The maximum atomic E-state index is 11.8. The number of nitrogens with one attached hydrogen (secondary N) is 1. The highest BCUT2D eigenvalue weighted by atomic mass is 35.5. The molecule has 0 radical (unpaired) electrons. The summed E-state index contributed by atoms with van der Waals surface area (Å²) in [6.45, 7) is 0.358. The van der Waals surface area contributed by atoms with Gasteiger partial charge in [-0.25, -0.2) is 4.79 Å². The Bertz CT molecular complexity index is 891. The molecule has 0 fully saturated rings. The number of hydrogen-bond acceptors (Lipinski definition) is 2. The van der Waals surface area contributed by atoms with Crippen molar-refractivity contribution in [3.05, 3.63) is 80.1 Å². The molecule has 1 N–H and O–H groups in total. The Labute approximate surface area is 119 Å². The first kappa shape index (κ1) is 12.7. The van der Waals surface area contributed by atoms with E-state index in [0.717, 1.165) is 16.3 Å². The van der Waals surface area contributed by atoms with Gasteiger partial charge in [-0.3, -0.25) is 14.3 Å². The van der Waals surface area contributed by atoms with E-state index in [0.29, 0.717) is 6.54 Å². The Kier molecular flexibility index (Phi) is 3.16. The molecule has 0 saturated carbocycles. The van der Waals surface area contributed by atoms with Crippen molar-refractivity contribution in [3.63, 3.8) is 0 Å². The topological polar surface area (TPSA) is 54.9 Å². The minimum absolute atomic E-state index is 0.00448. The number of fused-ring (bicyclic) bond motifs is 1. The van der Waals surface area contributed by atoms with Crippen LogP contribution in [0.2, 0.25) is 5.02 Å². The van der Waals surface area contributed by atoms with Gasteiger partial charge in [-0.1, -0.05) is 54.1 Å². The average molecular weight is 287 g/mol. The van der Waals surface area contributed by atoms with Gasteiger partial charge in [0.1, 0.15) is 5.02 Å². The van der Waals surface area contributed by atoms with E-state index in [4.69, 9.17) is 11.6 Å². The van der Waals surface area contributed by atoms with Gasteiger partial charge in [0.2, 0.25) is 0 Å². The van der Waals surface area contributed by atoms with Crippen LogP contribution >= 0.6 is 11.6 Å². The van der Waals surface area contributed by atoms with E-state index in [2.05, 4.69) is 4.98 Å².